The van der Waals surface area contributed by atoms with E-state index in [2.05, 4.69) is 79.9 Å². The third-order valence-corrected chi connectivity index (χ3v) is 11.3. The molecule has 5 nitrogen and oxygen atoms in total. The standard InChI is InChI=1S/C52H66O5/c1-3-5-10-15-42-16-18-43(19-17-42)20-21-44-25-31-49(32-26-44)54-36-11-6-7-12-37-55-50-33-27-45(28-34-50)22-23-46-24-29-48-41-51(35-30-47(48)40-46)56-38-13-8-9-14-39-57-52(53)4-2/h4,24-35,40-43H,2-3,5-21,36-39H2,1H3. The molecule has 304 valence electrons. The number of carbonyl (C=O) groups is 1. The summed E-state index contributed by atoms with van der Waals surface area (Å²) in [7, 11) is 0. The van der Waals surface area contributed by atoms with Crippen LogP contribution in [-0.2, 0) is 16.0 Å². The maximum atomic E-state index is 11.1. The minimum atomic E-state index is -0.360. The lowest BCUT2D eigenvalue weighted by Gasteiger charge is -2.28. The minimum absolute atomic E-state index is 0.360. The van der Waals surface area contributed by atoms with Gasteiger partial charge in [-0.3, -0.25) is 0 Å². The zero-order valence-electron chi connectivity index (χ0n) is 34.6. The zero-order valence-corrected chi connectivity index (χ0v) is 34.6. The van der Waals surface area contributed by atoms with E-state index in [0.717, 1.165) is 109 Å². The maximum absolute atomic E-state index is 11.1. The van der Waals surface area contributed by atoms with Crippen molar-refractivity contribution in [2.24, 2.45) is 11.8 Å². The normalized spacial score (nSPS) is 15.0. The Labute approximate surface area is 343 Å². The summed E-state index contributed by atoms with van der Waals surface area (Å²) in [6, 6.07) is 29.4. The van der Waals surface area contributed by atoms with Crippen molar-refractivity contribution in [1.82, 2.24) is 0 Å². The van der Waals surface area contributed by atoms with E-state index < -0.39 is 0 Å². The molecule has 4 aromatic carbocycles. The lowest BCUT2D eigenvalue weighted by Crippen LogP contribution is -2.15. The molecule has 0 bridgehead atoms. The van der Waals surface area contributed by atoms with Gasteiger partial charge in [0.2, 0.25) is 0 Å². The largest absolute Gasteiger partial charge is 0.494 e. The van der Waals surface area contributed by atoms with E-state index in [1.807, 2.05) is 30.3 Å². The molecule has 0 atom stereocenters. The number of aryl methyl sites for hydroxylation is 1. The van der Waals surface area contributed by atoms with Crippen molar-refractivity contribution in [2.75, 3.05) is 26.4 Å². The molecule has 1 fully saturated rings. The zero-order chi connectivity index (χ0) is 39.8. The first-order chi connectivity index (χ1) is 28.1. The van der Waals surface area contributed by atoms with Gasteiger partial charge in [-0.2, -0.15) is 0 Å². The first-order valence-electron chi connectivity index (χ1n) is 22.0. The Morgan fingerprint density at radius 3 is 1.72 bits per heavy atom. The number of fused-ring (bicyclic) bond motifs is 1. The predicted octanol–water partition coefficient (Wildman–Crippen LogP) is 13.2. The molecule has 0 N–H and O–H groups in total. The summed E-state index contributed by atoms with van der Waals surface area (Å²) in [6.07, 6.45) is 23.4. The molecule has 5 rings (SSSR count). The second-order valence-electron chi connectivity index (χ2n) is 15.8. The van der Waals surface area contributed by atoms with E-state index in [9.17, 15) is 4.79 Å². The molecule has 57 heavy (non-hydrogen) atoms. The molecule has 0 aromatic heterocycles. The number of esters is 1. The number of carbonyl (C=O) groups excluding carboxylic acids is 1. The first kappa shape index (κ1) is 43.4. The van der Waals surface area contributed by atoms with Crippen molar-refractivity contribution in [3.05, 3.63) is 114 Å². The second-order valence-corrected chi connectivity index (χ2v) is 15.8. The van der Waals surface area contributed by atoms with E-state index in [0.29, 0.717) is 19.8 Å². The van der Waals surface area contributed by atoms with Crippen LogP contribution in [-0.4, -0.2) is 32.4 Å². The van der Waals surface area contributed by atoms with Crippen LogP contribution >= 0.6 is 0 Å². The number of unbranched alkanes of at least 4 members (excludes halogenated alkanes) is 8. The number of ether oxygens (including phenoxy) is 4. The molecule has 0 saturated heterocycles. The van der Waals surface area contributed by atoms with Crippen molar-refractivity contribution >= 4 is 16.7 Å². The van der Waals surface area contributed by atoms with Gasteiger partial charge in [-0.15, -0.1) is 0 Å². The summed E-state index contributed by atoms with van der Waals surface area (Å²) >= 11 is 0. The molecule has 0 heterocycles. The molecule has 1 aliphatic rings. The van der Waals surface area contributed by atoms with E-state index in [1.54, 1.807) is 0 Å². The monoisotopic (exact) mass is 770 g/mol. The van der Waals surface area contributed by atoms with Gasteiger partial charge < -0.3 is 18.9 Å². The highest BCUT2D eigenvalue weighted by Crippen LogP contribution is 2.34. The van der Waals surface area contributed by atoms with Crippen LogP contribution in [0.5, 0.6) is 17.2 Å². The Hall–Kier alpha value is -4.69. The predicted molar refractivity (Wildman–Crippen MR) is 235 cm³/mol. The van der Waals surface area contributed by atoms with Crippen molar-refractivity contribution in [2.45, 2.75) is 122 Å². The van der Waals surface area contributed by atoms with Crippen LogP contribution in [0.4, 0.5) is 0 Å². The fourth-order valence-corrected chi connectivity index (χ4v) is 7.70. The molecule has 0 aliphatic heterocycles. The van der Waals surface area contributed by atoms with Gasteiger partial charge in [-0.25, -0.2) is 4.79 Å². The van der Waals surface area contributed by atoms with Gasteiger partial charge in [-0.05, 0) is 153 Å². The summed E-state index contributed by atoms with van der Waals surface area (Å²) in [4.78, 5) is 11.1. The molecular formula is C52H66O5. The van der Waals surface area contributed by atoms with Gasteiger partial charge in [-0.1, -0.05) is 101 Å². The van der Waals surface area contributed by atoms with Crippen LogP contribution in [0.15, 0.2) is 97.6 Å². The number of rotatable bonds is 25. The Morgan fingerprint density at radius 2 is 1.09 bits per heavy atom. The molecule has 1 saturated carbocycles. The fraction of sp³-hybridized carbons (Fsp3) is 0.481. The molecule has 0 amide bonds. The van der Waals surface area contributed by atoms with Gasteiger partial charge in [0, 0.05) is 17.2 Å². The van der Waals surface area contributed by atoms with E-state index >= 15 is 0 Å². The lowest BCUT2D eigenvalue weighted by atomic mass is 9.78. The number of hydrogen-bond donors (Lipinski definition) is 0. The average Bonchev–Trinajstić information content (AvgIpc) is 3.25. The molecule has 0 unspecified atom stereocenters. The average molecular weight is 771 g/mol. The Morgan fingerprint density at radius 1 is 0.579 bits per heavy atom. The van der Waals surface area contributed by atoms with Gasteiger partial charge in [0.25, 0.3) is 0 Å². The third-order valence-electron chi connectivity index (χ3n) is 11.3. The quantitative estimate of drug-likeness (QED) is 0.0291. The molecule has 4 aromatic rings. The highest BCUT2D eigenvalue weighted by atomic mass is 16.5. The minimum Gasteiger partial charge on any atom is -0.494 e. The first-order valence-corrected chi connectivity index (χ1v) is 22.0. The lowest BCUT2D eigenvalue weighted by molar-refractivity contribution is -0.137. The second kappa shape index (κ2) is 25.5. The molecule has 1 aliphatic carbocycles. The molecule has 5 heteroatoms. The van der Waals surface area contributed by atoms with Crippen LogP contribution in [0, 0.1) is 23.7 Å². The van der Waals surface area contributed by atoms with E-state index in [-0.39, 0.29) is 5.97 Å². The summed E-state index contributed by atoms with van der Waals surface area (Å²) in [5.41, 5.74) is 3.38. The summed E-state index contributed by atoms with van der Waals surface area (Å²) < 4.78 is 23.0. The van der Waals surface area contributed by atoms with Crippen molar-refractivity contribution in [1.29, 1.82) is 0 Å². The van der Waals surface area contributed by atoms with Gasteiger partial charge in [0.15, 0.2) is 0 Å². The SMILES string of the molecule is C=CC(=O)OCCCCCCOc1ccc2cc(C#Cc3ccc(OCCCCCCOc4ccc(CCC5CCC(CCCCC)CC5)cc4)cc3)ccc2c1. The Bertz CT molecular complexity index is 1810. The smallest absolute Gasteiger partial charge is 0.330 e. The van der Waals surface area contributed by atoms with Crippen molar-refractivity contribution in [3.8, 4) is 29.1 Å². The van der Waals surface area contributed by atoms with Crippen LogP contribution in [0.3, 0.4) is 0 Å². The van der Waals surface area contributed by atoms with Crippen molar-refractivity contribution in [3.63, 3.8) is 0 Å². The third kappa shape index (κ3) is 16.7. The van der Waals surface area contributed by atoms with Gasteiger partial charge in [0.05, 0.1) is 26.4 Å². The molecule has 0 spiro atoms. The summed E-state index contributed by atoms with van der Waals surface area (Å²) in [5, 5.41) is 2.26. The fourth-order valence-electron chi connectivity index (χ4n) is 7.70. The highest BCUT2D eigenvalue weighted by Gasteiger charge is 2.20. The van der Waals surface area contributed by atoms with Gasteiger partial charge >= 0.3 is 5.97 Å². The maximum Gasteiger partial charge on any atom is 0.330 e. The number of benzene rings is 4. The van der Waals surface area contributed by atoms with E-state index in [1.165, 1.54) is 75.8 Å². The van der Waals surface area contributed by atoms with Crippen LogP contribution in [0.25, 0.3) is 10.8 Å². The Kier molecular flexibility index (Phi) is 19.5. The molecule has 0 radical (unpaired) electrons. The topological polar surface area (TPSA) is 54.0 Å². The number of hydrogen-bond acceptors (Lipinski definition) is 5. The Balaban J connectivity index is 0.890. The van der Waals surface area contributed by atoms with Crippen LogP contribution < -0.4 is 14.2 Å². The summed E-state index contributed by atoms with van der Waals surface area (Å²) in [6.45, 7) is 8.30. The summed E-state index contributed by atoms with van der Waals surface area (Å²) in [5.74, 6) is 10.9. The molecular weight excluding hydrogens is 705 g/mol. The van der Waals surface area contributed by atoms with Crippen LogP contribution in [0.2, 0.25) is 0 Å². The van der Waals surface area contributed by atoms with Crippen LogP contribution in [0.1, 0.15) is 133 Å². The highest BCUT2D eigenvalue weighted by molar-refractivity contribution is 5.85. The van der Waals surface area contributed by atoms with Crippen molar-refractivity contribution < 1.29 is 23.7 Å². The van der Waals surface area contributed by atoms with Gasteiger partial charge in [0.1, 0.15) is 17.2 Å². The van der Waals surface area contributed by atoms with E-state index in [4.69, 9.17) is 18.9 Å².